The highest BCUT2D eigenvalue weighted by Crippen LogP contribution is 2.34. The molecule has 0 amide bonds. The number of hydrogen-bond acceptors (Lipinski definition) is 6. The number of ether oxygens (including phenoxy) is 4. The summed E-state index contributed by atoms with van der Waals surface area (Å²) in [5.74, 6) is 0.572. The predicted molar refractivity (Wildman–Crippen MR) is 87.8 cm³/mol. The quantitative estimate of drug-likeness (QED) is 0.371. The van der Waals surface area contributed by atoms with Gasteiger partial charge >= 0.3 is 5.97 Å². The van der Waals surface area contributed by atoms with E-state index in [0.717, 1.165) is 12.0 Å². The summed E-state index contributed by atoms with van der Waals surface area (Å²) in [4.78, 5) is 23.4. The van der Waals surface area contributed by atoms with Crippen molar-refractivity contribution in [3.8, 4) is 11.5 Å². The van der Waals surface area contributed by atoms with Crippen molar-refractivity contribution in [3.05, 3.63) is 23.3 Å². The third-order valence-corrected chi connectivity index (χ3v) is 3.56. The minimum absolute atomic E-state index is 0.0731. The first kappa shape index (κ1) is 18.3. The Bertz CT molecular complexity index is 591. The van der Waals surface area contributed by atoms with E-state index < -0.39 is 5.97 Å². The lowest BCUT2D eigenvalue weighted by Gasteiger charge is -2.18. The monoisotopic (exact) mass is 336 g/mol. The van der Waals surface area contributed by atoms with Crippen LogP contribution in [-0.4, -0.2) is 44.3 Å². The maximum Gasteiger partial charge on any atom is 0.344 e. The van der Waals surface area contributed by atoms with Crippen LogP contribution in [0.3, 0.4) is 0 Å². The zero-order chi connectivity index (χ0) is 17.5. The Morgan fingerprint density at radius 3 is 2.58 bits per heavy atom. The molecule has 24 heavy (non-hydrogen) atoms. The second-order valence-electron chi connectivity index (χ2n) is 5.59. The highest BCUT2D eigenvalue weighted by molar-refractivity contribution is 5.97. The fourth-order valence-corrected chi connectivity index (χ4v) is 2.35. The lowest BCUT2D eigenvalue weighted by Crippen LogP contribution is -2.16. The van der Waals surface area contributed by atoms with Gasteiger partial charge in [-0.2, -0.15) is 0 Å². The number of Topliss-reactive ketones (excluding diaryl/α,β-unsaturated/α-hetero) is 1. The summed E-state index contributed by atoms with van der Waals surface area (Å²) >= 11 is 0. The van der Waals surface area contributed by atoms with E-state index in [9.17, 15) is 9.59 Å². The Kier molecular flexibility index (Phi) is 6.61. The molecule has 1 aliphatic rings. The van der Waals surface area contributed by atoms with Crippen molar-refractivity contribution < 1.29 is 28.5 Å². The van der Waals surface area contributed by atoms with Crippen LogP contribution in [0.25, 0.3) is 0 Å². The van der Waals surface area contributed by atoms with E-state index in [1.807, 2.05) is 6.92 Å². The zero-order valence-electron chi connectivity index (χ0n) is 14.4. The fraction of sp³-hybridized carbons (Fsp3) is 0.556. The highest BCUT2D eigenvalue weighted by Gasteiger charge is 2.26. The number of rotatable bonds is 10. The number of carbonyl (C=O) groups excluding carboxylic acids is 2. The summed E-state index contributed by atoms with van der Waals surface area (Å²) in [6.07, 6.45) is 1.62. The van der Waals surface area contributed by atoms with E-state index in [1.165, 1.54) is 6.92 Å². The van der Waals surface area contributed by atoms with Crippen molar-refractivity contribution >= 4 is 11.8 Å². The molecule has 6 heteroatoms. The molecular formula is C18H24O6. The molecule has 1 aliphatic heterocycles. The molecule has 1 aromatic carbocycles. The van der Waals surface area contributed by atoms with Crippen molar-refractivity contribution in [1.82, 2.24) is 0 Å². The number of esters is 1. The second kappa shape index (κ2) is 8.68. The summed E-state index contributed by atoms with van der Waals surface area (Å²) in [6.45, 7) is 6.50. The lowest BCUT2D eigenvalue weighted by atomic mass is 10.0. The van der Waals surface area contributed by atoms with Gasteiger partial charge in [0.05, 0.1) is 18.8 Å². The summed E-state index contributed by atoms with van der Waals surface area (Å²) in [5, 5.41) is 0. The fourth-order valence-electron chi connectivity index (χ4n) is 2.35. The first-order valence-corrected chi connectivity index (χ1v) is 8.26. The molecule has 0 spiro atoms. The van der Waals surface area contributed by atoms with E-state index in [2.05, 4.69) is 0 Å². The normalized spacial score (nSPS) is 15.7. The van der Waals surface area contributed by atoms with Crippen LogP contribution in [0.4, 0.5) is 0 Å². The smallest absolute Gasteiger partial charge is 0.344 e. The van der Waals surface area contributed by atoms with Gasteiger partial charge in [-0.05, 0) is 32.4 Å². The van der Waals surface area contributed by atoms with Crippen LogP contribution in [0, 0.1) is 0 Å². The van der Waals surface area contributed by atoms with Crippen LogP contribution < -0.4 is 9.47 Å². The first-order chi connectivity index (χ1) is 11.6. The summed E-state index contributed by atoms with van der Waals surface area (Å²) in [5.41, 5.74) is 1.32. The Hall–Kier alpha value is -2.08. The molecule has 0 saturated carbocycles. The zero-order valence-corrected chi connectivity index (χ0v) is 14.4. The second-order valence-corrected chi connectivity index (χ2v) is 5.59. The SMILES string of the molecule is CCCc1c(OCC(=O)OCC)ccc(C(C)=O)c1OCC1CO1. The lowest BCUT2D eigenvalue weighted by molar-refractivity contribution is -0.145. The average Bonchev–Trinajstić information content (AvgIpc) is 3.36. The van der Waals surface area contributed by atoms with Crippen molar-refractivity contribution in [2.24, 2.45) is 0 Å². The van der Waals surface area contributed by atoms with Crippen LogP contribution in [0.15, 0.2) is 12.1 Å². The third-order valence-electron chi connectivity index (χ3n) is 3.56. The molecule has 1 saturated heterocycles. The molecule has 0 aromatic heterocycles. The molecule has 2 rings (SSSR count). The minimum Gasteiger partial charge on any atom is -0.490 e. The van der Waals surface area contributed by atoms with Crippen LogP contribution in [0.2, 0.25) is 0 Å². The van der Waals surface area contributed by atoms with Crippen LogP contribution in [-0.2, 0) is 20.7 Å². The van der Waals surface area contributed by atoms with Crippen molar-refractivity contribution in [1.29, 1.82) is 0 Å². The van der Waals surface area contributed by atoms with Crippen molar-refractivity contribution in [3.63, 3.8) is 0 Å². The molecule has 1 unspecified atom stereocenters. The Labute approximate surface area is 142 Å². The van der Waals surface area contributed by atoms with Gasteiger partial charge in [-0.1, -0.05) is 13.3 Å². The van der Waals surface area contributed by atoms with E-state index in [-0.39, 0.29) is 18.5 Å². The molecular weight excluding hydrogens is 312 g/mol. The molecule has 1 fully saturated rings. The minimum atomic E-state index is -0.426. The maximum absolute atomic E-state index is 11.9. The van der Waals surface area contributed by atoms with E-state index >= 15 is 0 Å². The molecule has 0 bridgehead atoms. The van der Waals surface area contributed by atoms with Gasteiger partial charge in [0.25, 0.3) is 0 Å². The van der Waals surface area contributed by atoms with E-state index in [0.29, 0.717) is 43.3 Å². The number of benzene rings is 1. The topological polar surface area (TPSA) is 74.4 Å². The van der Waals surface area contributed by atoms with Gasteiger partial charge in [0, 0.05) is 5.56 Å². The Morgan fingerprint density at radius 2 is 2.00 bits per heavy atom. The number of ketones is 1. The van der Waals surface area contributed by atoms with Gasteiger partial charge in [-0.15, -0.1) is 0 Å². The molecule has 0 aliphatic carbocycles. The van der Waals surface area contributed by atoms with Crippen LogP contribution in [0.5, 0.6) is 11.5 Å². The van der Waals surface area contributed by atoms with E-state index in [1.54, 1.807) is 19.1 Å². The summed E-state index contributed by atoms with van der Waals surface area (Å²) in [7, 11) is 0. The Balaban J connectivity index is 2.25. The summed E-state index contributed by atoms with van der Waals surface area (Å²) < 4.78 is 21.5. The van der Waals surface area contributed by atoms with Gasteiger partial charge in [-0.3, -0.25) is 4.79 Å². The molecule has 1 atom stereocenters. The van der Waals surface area contributed by atoms with Crippen molar-refractivity contribution in [2.75, 3.05) is 26.4 Å². The van der Waals surface area contributed by atoms with Gasteiger partial charge in [0.1, 0.15) is 24.2 Å². The molecule has 0 radical (unpaired) electrons. The molecule has 0 N–H and O–H groups in total. The first-order valence-electron chi connectivity index (χ1n) is 8.26. The van der Waals surface area contributed by atoms with Gasteiger partial charge in [-0.25, -0.2) is 4.79 Å². The number of epoxide rings is 1. The number of carbonyl (C=O) groups is 2. The van der Waals surface area contributed by atoms with Gasteiger partial charge in [0.15, 0.2) is 12.4 Å². The Morgan fingerprint density at radius 1 is 1.25 bits per heavy atom. The molecule has 1 aromatic rings. The maximum atomic E-state index is 11.9. The van der Waals surface area contributed by atoms with Crippen molar-refractivity contribution in [2.45, 2.75) is 39.7 Å². The highest BCUT2D eigenvalue weighted by atomic mass is 16.6. The average molecular weight is 336 g/mol. The largest absolute Gasteiger partial charge is 0.490 e. The molecule has 6 nitrogen and oxygen atoms in total. The standard InChI is InChI=1S/C18H24O6/c1-4-6-15-16(23-11-17(20)21-5-2)8-7-14(12(3)19)18(15)24-10-13-9-22-13/h7-8,13H,4-6,9-11H2,1-3H3. The molecule has 132 valence electrons. The van der Waals surface area contributed by atoms with Crippen LogP contribution >= 0.6 is 0 Å². The van der Waals surface area contributed by atoms with E-state index in [4.69, 9.17) is 18.9 Å². The summed E-state index contributed by atoms with van der Waals surface area (Å²) in [6, 6.07) is 3.38. The van der Waals surface area contributed by atoms with Gasteiger partial charge < -0.3 is 18.9 Å². The van der Waals surface area contributed by atoms with Gasteiger partial charge in [0.2, 0.25) is 0 Å². The predicted octanol–water partition coefficient (Wildman–Crippen LogP) is 2.56. The molecule has 1 heterocycles. The van der Waals surface area contributed by atoms with Crippen LogP contribution in [0.1, 0.15) is 43.1 Å². The third kappa shape index (κ3) is 4.96. The number of hydrogen-bond donors (Lipinski definition) is 0.